The van der Waals surface area contributed by atoms with Gasteiger partial charge in [0.1, 0.15) is 11.5 Å². The van der Waals surface area contributed by atoms with Crippen LogP contribution in [0.25, 0.3) is 0 Å². The van der Waals surface area contributed by atoms with Crippen molar-refractivity contribution >= 4 is 5.78 Å². The Balaban J connectivity index is 2.16. The van der Waals surface area contributed by atoms with Crippen LogP contribution in [0, 0.1) is 5.41 Å². The molecular formula is C17H25NO2. The van der Waals surface area contributed by atoms with Crippen molar-refractivity contribution in [1.82, 2.24) is 5.32 Å². The summed E-state index contributed by atoms with van der Waals surface area (Å²) in [5, 5.41) is 3.40. The Hall–Kier alpha value is -1.35. The Bertz CT molecular complexity index is 445. The highest BCUT2D eigenvalue weighted by atomic mass is 16.5. The standard InChI is InChI=1S/C17H25NO2/c1-3-9-17(10-6-11-18-13-17)16(19)12-14-7-4-5-8-15(14)20-2/h4-5,7-8,18H,3,6,9-13H2,1-2H3. The fourth-order valence-corrected chi connectivity index (χ4v) is 3.25. The van der Waals surface area contributed by atoms with Crippen LogP contribution in [-0.2, 0) is 11.2 Å². The molecule has 1 unspecified atom stereocenters. The van der Waals surface area contributed by atoms with Gasteiger partial charge < -0.3 is 10.1 Å². The average Bonchev–Trinajstić information content (AvgIpc) is 2.49. The number of carbonyl (C=O) groups is 1. The molecule has 0 spiro atoms. The van der Waals surface area contributed by atoms with Crippen molar-refractivity contribution in [3.05, 3.63) is 29.8 Å². The number of ketones is 1. The number of benzene rings is 1. The molecule has 0 radical (unpaired) electrons. The highest BCUT2D eigenvalue weighted by molar-refractivity contribution is 5.87. The molecule has 1 atom stereocenters. The van der Waals surface area contributed by atoms with Gasteiger partial charge in [0.15, 0.2) is 0 Å². The molecule has 1 saturated heterocycles. The first-order valence-electron chi connectivity index (χ1n) is 7.58. The third-order valence-corrected chi connectivity index (χ3v) is 4.34. The van der Waals surface area contributed by atoms with Crippen molar-refractivity contribution in [3.8, 4) is 5.75 Å². The van der Waals surface area contributed by atoms with Gasteiger partial charge in [-0.1, -0.05) is 31.5 Å². The predicted octanol–water partition coefficient (Wildman–Crippen LogP) is 2.98. The molecule has 1 N–H and O–H groups in total. The summed E-state index contributed by atoms with van der Waals surface area (Å²) in [5.41, 5.74) is 0.828. The van der Waals surface area contributed by atoms with Crippen LogP contribution in [0.4, 0.5) is 0 Å². The molecule has 1 aliphatic heterocycles. The van der Waals surface area contributed by atoms with Crippen LogP contribution < -0.4 is 10.1 Å². The van der Waals surface area contributed by atoms with Crippen LogP contribution in [0.1, 0.15) is 38.2 Å². The van der Waals surface area contributed by atoms with Crippen molar-refractivity contribution in [1.29, 1.82) is 0 Å². The molecule has 1 aliphatic rings. The maximum absolute atomic E-state index is 12.9. The Morgan fingerprint density at radius 3 is 2.85 bits per heavy atom. The molecule has 2 rings (SSSR count). The molecule has 1 heterocycles. The van der Waals surface area contributed by atoms with Gasteiger partial charge in [0.05, 0.1) is 7.11 Å². The van der Waals surface area contributed by atoms with Gasteiger partial charge in [0.25, 0.3) is 0 Å². The first-order valence-corrected chi connectivity index (χ1v) is 7.58. The number of piperidine rings is 1. The summed E-state index contributed by atoms with van der Waals surface area (Å²) in [6.45, 7) is 4.02. The lowest BCUT2D eigenvalue weighted by Crippen LogP contribution is -2.46. The smallest absolute Gasteiger partial charge is 0.144 e. The molecule has 1 fully saturated rings. The van der Waals surface area contributed by atoms with Gasteiger partial charge in [-0.15, -0.1) is 0 Å². The van der Waals surface area contributed by atoms with E-state index in [2.05, 4.69) is 12.2 Å². The van der Waals surface area contributed by atoms with Gasteiger partial charge in [-0.3, -0.25) is 4.79 Å². The number of nitrogens with one attached hydrogen (secondary N) is 1. The fraction of sp³-hybridized carbons (Fsp3) is 0.588. The summed E-state index contributed by atoms with van der Waals surface area (Å²) in [7, 11) is 1.66. The summed E-state index contributed by atoms with van der Waals surface area (Å²) in [6, 6.07) is 7.83. The van der Waals surface area contributed by atoms with Gasteiger partial charge in [-0.05, 0) is 31.9 Å². The number of hydrogen-bond donors (Lipinski definition) is 1. The second-order valence-electron chi connectivity index (χ2n) is 5.72. The molecule has 0 bridgehead atoms. The van der Waals surface area contributed by atoms with E-state index in [0.29, 0.717) is 12.2 Å². The predicted molar refractivity (Wildman–Crippen MR) is 81.1 cm³/mol. The number of rotatable bonds is 6. The molecule has 3 nitrogen and oxygen atoms in total. The summed E-state index contributed by atoms with van der Waals surface area (Å²) in [4.78, 5) is 12.9. The van der Waals surface area contributed by atoms with E-state index in [0.717, 1.165) is 50.1 Å². The van der Waals surface area contributed by atoms with E-state index >= 15 is 0 Å². The van der Waals surface area contributed by atoms with Gasteiger partial charge in [-0.25, -0.2) is 0 Å². The van der Waals surface area contributed by atoms with Gasteiger partial charge in [0, 0.05) is 23.9 Å². The Labute approximate surface area is 121 Å². The minimum Gasteiger partial charge on any atom is -0.496 e. The molecule has 3 heteroatoms. The zero-order valence-electron chi connectivity index (χ0n) is 12.6. The Morgan fingerprint density at radius 2 is 2.20 bits per heavy atom. The third-order valence-electron chi connectivity index (χ3n) is 4.34. The first-order chi connectivity index (χ1) is 9.72. The molecule has 20 heavy (non-hydrogen) atoms. The summed E-state index contributed by atoms with van der Waals surface area (Å²) >= 11 is 0. The number of para-hydroxylation sites is 1. The molecule has 0 aliphatic carbocycles. The van der Waals surface area contributed by atoms with E-state index in [1.807, 2.05) is 24.3 Å². The van der Waals surface area contributed by atoms with Crippen LogP contribution in [0.3, 0.4) is 0 Å². The molecular weight excluding hydrogens is 250 g/mol. The quantitative estimate of drug-likeness (QED) is 0.867. The maximum atomic E-state index is 12.9. The maximum Gasteiger partial charge on any atom is 0.144 e. The van der Waals surface area contributed by atoms with E-state index in [-0.39, 0.29) is 5.41 Å². The second-order valence-corrected chi connectivity index (χ2v) is 5.72. The van der Waals surface area contributed by atoms with Gasteiger partial charge in [-0.2, -0.15) is 0 Å². The van der Waals surface area contributed by atoms with Crippen molar-refractivity contribution in [3.63, 3.8) is 0 Å². The van der Waals surface area contributed by atoms with Crippen molar-refractivity contribution < 1.29 is 9.53 Å². The van der Waals surface area contributed by atoms with E-state index in [1.54, 1.807) is 7.11 Å². The number of methoxy groups -OCH3 is 1. The monoisotopic (exact) mass is 275 g/mol. The van der Waals surface area contributed by atoms with E-state index in [4.69, 9.17) is 4.74 Å². The minimum atomic E-state index is -0.173. The SMILES string of the molecule is CCCC1(C(=O)Cc2ccccc2OC)CCCNC1. The molecule has 1 aromatic carbocycles. The van der Waals surface area contributed by atoms with Gasteiger partial charge >= 0.3 is 0 Å². The van der Waals surface area contributed by atoms with Gasteiger partial charge in [0.2, 0.25) is 0 Å². The number of Topliss-reactive ketones (excluding diaryl/α,β-unsaturated/α-hetero) is 1. The molecule has 110 valence electrons. The summed E-state index contributed by atoms with van der Waals surface area (Å²) in [6.07, 6.45) is 4.62. The molecule has 0 amide bonds. The minimum absolute atomic E-state index is 0.173. The highest BCUT2D eigenvalue weighted by Gasteiger charge is 2.38. The second kappa shape index (κ2) is 6.89. The number of hydrogen-bond acceptors (Lipinski definition) is 3. The average molecular weight is 275 g/mol. The lowest BCUT2D eigenvalue weighted by Gasteiger charge is -2.36. The third kappa shape index (κ3) is 3.21. The van der Waals surface area contributed by atoms with E-state index in [1.165, 1.54) is 0 Å². The van der Waals surface area contributed by atoms with Crippen LogP contribution in [0.2, 0.25) is 0 Å². The van der Waals surface area contributed by atoms with Crippen LogP contribution >= 0.6 is 0 Å². The number of carbonyl (C=O) groups excluding carboxylic acids is 1. The lowest BCUT2D eigenvalue weighted by molar-refractivity contribution is -0.129. The Kier molecular flexibility index (Phi) is 5.18. The van der Waals surface area contributed by atoms with Crippen molar-refractivity contribution in [2.45, 2.75) is 39.0 Å². The largest absolute Gasteiger partial charge is 0.496 e. The van der Waals surface area contributed by atoms with Crippen LogP contribution in [0.5, 0.6) is 5.75 Å². The van der Waals surface area contributed by atoms with Crippen molar-refractivity contribution in [2.75, 3.05) is 20.2 Å². The summed E-state index contributed by atoms with van der Waals surface area (Å²) < 4.78 is 5.36. The fourth-order valence-electron chi connectivity index (χ4n) is 3.25. The number of ether oxygens (including phenoxy) is 1. The zero-order valence-corrected chi connectivity index (χ0v) is 12.6. The molecule has 1 aromatic rings. The highest BCUT2D eigenvalue weighted by Crippen LogP contribution is 2.34. The van der Waals surface area contributed by atoms with Crippen LogP contribution in [-0.4, -0.2) is 26.0 Å². The Morgan fingerprint density at radius 1 is 1.40 bits per heavy atom. The molecule has 0 saturated carbocycles. The lowest BCUT2D eigenvalue weighted by atomic mass is 9.72. The normalized spacial score (nSPS) is 22.5. The zero-order chi connectivity index (χ0) is 14.4. The van der Waals surface area contributed by atoms with E-state index < -0.39 is 0 Å². The van der Waals surface area contributed by atoms with Crippen molar-refractivity contribution in [2.24, 2.45) is 5.41 Å². The molecule has 0 aromatic heterocycles. The van der Waals surface area contributed by atoms with Crippen LogP contribution in [0.15, 0.2) is 24.3 Å². The first kappa shape index (κ1) is 15.0. The van der Waals surface area contributed by atoms with E-state index in [9.17, 15) is 4.79 Å². The summed E-state index contributed by atoms with van der Waals surface area (Å²) in [5.74, 6) is 1.17. The topological polar surface area (TPSA) is 38.3 Å².